The van der Waals surface area contributed by atoms with Gasteiger partial charge in [0.1, 0.15) is 5.82 Å². The van der Waals surface area contributed by atoms with E-state index in [0.29, 0.717) is 26.4 Å². The molecule has 4 rings (SSSR count). The van der Waals surface area contributed by atoms with Crippen molar-refractivity contribution in [1.29, 1.82) is 0 Å². The lowest BCUT2D eigenvalue weighted by molar-refractivity contribution is 0.0973. The third kappa shape index (κ3) is 4.09. The first-order chi connectivity index (χ1) is 13.7. The number of rotatable bonds is 5. The van der Waals surface area contributed by atoms with E-state index in [1.165, 1.54) is 0 Å². The molecule has 9 heteroatoms. The number of ether oxygens (including phenoxy) is 3. The van der Waals surface area contributed by atoms with Crippen molar-refractivity contribution in [2.75, 3.05) is 61.9 Å². The highest BCUT2D eigenvalue weighted by molar-refractivity contribution is 6.52. The number of hydrogen-bond acceptors (Lipinski definition) is 8. The summed E-state index contributed by atoms with van der Waals surface area (Å²) < 4.78 is 17.5. The molecular weight excluding hydrogens is 373 g/mol. The SMILES string of the molecule is CO[CH2][Al][c]1ccc2c(N3CCOC[C@@H]3C)nc(N3CCOC[C@@H]3C)nc2n1. The summed E-state index contributed by atoms with van der Waals surface area (Å²) in [4.78, 5) is 19.3. The summed E-state index contributed by atoms with van der Waals surface area (Å²) in [6.07, 6.45) is 0. The van der Waals surface area contributed by atoms with Gasteiger partial charge in [-0.2, -0.15) is 9.97 Å². The van der Waals surface area contributed by atoms with Crippen LogP contribution in [-0.4, -0.2) is 94.4 Å². The van der Waals surface area contributed by atoms with Gasteiger partial charge >= 0.3 is 15.2 Å². The Balaban J connectivity index is 1.79. The fourth-order valence-corrected chi connectivity index (χ4v) is 4.48. The molecule has 0 spiro atoms. The van der Waals surface area contributed by atoms with Gasteiger partial charge in [-0.3, -0.25) is 4.98 Å². The summed E-state index contributed by atoms with van der Waals surface area (Å²) in [6, 6.07) is 4.71. The van der Waals surface area contributed by atoms with Crippen LogP contribution in [0.1, 0.15) is 13.8 Å². The summed E-state index contributed by atoms with van der Waals surface area (Å²) in [5, 5.41) is 0.999. The molecule has 0 bridgehead atoms. The first-order valence-electron chi connectivity index (χ1n) is 9.87. The molecule has 0 aliphatic carbocycles. The van der Waals surface area contributed by atoms with Gasteiger partial charge in [0.15, 0.2) is 5.65 Å². The summed E-state index contributed by atoms with van der Waals surface area (Å²) in [5.74, 6) is 1.69. The fraction of sp³-hybridized carbons (Fsp3) is 0.632. The van der Waals surface area contributed by atoms with E-state index in [1.807, 2.05) is 0 Å². The second-order valence-corrected chi connectivity index (χ2v) is 8.68. The van der Waals surface area contributed by atoms with Gasteiger partial charge in [0.25, 0.3) is 0 Å². The van der Waals surface area contributed by atoms with Crippen LogP contribution in [0.15, 0.2) is 12.1 Å². The van der Waals surface area contributed by atoms with E-state index in [9.17, 15) is 0 Å². The fourth-order valence-electron chi connectivity index (χ4n) is 3.69. The van der Waals surface area contributed by atoms with Gasteiger partial charge in [0.05, 0.1) is 43.9 Å². The largest absolute Gasteiger partial charge is 0.400 e. The third-order valence-corrected chi connectivity index (χ3v) is 6.51. The highest BCUT2D eigenvalue weighted by Gasteiger charge is 2.27. The number of aromatic nitrogens is 3. The normalized spacial score (nSPS) is 23.2. The molecule has 2 fully saturated rings. The molecule has 2 aromatic rings. The van der Waals surface area contributed by atoms with E-state index in [1.54, 1.807) is 7.11 Å². The molecule has 2 saturated heterocycles. The zero-order valence-corrected chi connectivity index (χ0v) is 18.0. The first kappa shape index (κ1) is 19.8. The monoisotopic (exact) mass is 400 g/mol. The van der Waals surface area contributed by atoms with E-state index >= 15 is 0 Å². The van der Waals surface area contributed by atoms with E-state index in [2.05, 4.69) is 35.8 Å². The Morgan fingerprint density at radius 2 is 1.75 bits per heavy atom. The molecule has 2 aliphatic rings. The van der Waals surface area contributed by atoms with Crippen LogP contribution in [-0.2, 0) is 14.2 Å². The predicted octanol–water partition coefficient (Wildman–Crippen LogP) is 0.408. The molecule has 2 aliphatic heterocycles. The van der Waals surface area contributed by atoms with Gasteiger partial charge < -0.3 is 24.0 Å². The minimum atomic E-state index is -0.0245. The number of nitrogens with zero attached hydrogens (tertiary/aromatic N) is 5. The molecule has 28 heavy (non-hydrogen) atoms. The molecular formula is C19H27AlN5O3. The van der Waals surface area contributed by atoms with Crippen molar-refractivity contribution in [3.8, 4) is 0 Å². The Labute approximate surface area is 171 Å². The second kappa shape index (κ2) is 8.89. The minimum absolute atomic E-state index is 0.0245. The Hall–Kier alpha value is -1.50. The Kier molecular flexibility index (Phi) is 6.29. The smallest absolute Gasteiger partial charge is 0.324 e. The van der Waals surface area contributed by atoms with Crippen LogP contribution in [0, 0.1) is 0 Å². The third-order valence-electron chi connectivity index (χ3n) is 5.27. The van der Waals surface area contributed by atoms with E-state index in [-0.39, 0.29) is 27.3 Å². The van der Waals surface area contributed by atoms with Crippen molar-refractivity contribution in [1.82, 2.24) is 15.0 Å². The van der Waals surface area contributed by atoms with Gasteiger partial charge in [-0.25, -0.2) is 0 Å². The lowest BCUT2D eigenvalue weighted by Gasteiger charge is -2.37. The molecule has 0 amide bonds. The zero-order valence-electron chi connectivity index (χ0n) is 16.8. The number of methoxy groups -OCH3 is 1. The van der Waals surface area contributed by atoms with Crippen LogP contribution in [0.25, 0.3) is 11.0 Å². The molecule has 0 aromatic carbocycles. The Bertz CT molecular complexity index is 824. The number of anilines is 2. The zero-order chi connectivity index (χ0) is 19.5. The number of hydrogen-bond donors (Lipinski definition) is 0. The van der Waals surface area contributed by atoms with Crippen molar-refractivity contribution in [3.05, 3.63) is 12.1 Å². The molecule has 0 unspecified atom stereocenters. The van der Waals surface area contributed by atoms with Crippen molar-refractivity contribution in [2.45, 2.75) is 25.9 Å². The average molecular weight is 400 g/mol. The predicted molar refractivity (Wildman–Crippen MR) is 110 cm³/mol. The molecule has 0 saturated carbocycles. The molecule has 4 heterocycles. The second-order valence-electron chi connectivity index (χ2n) is 7.35. The Morgan fingerprint density at radius 1 is 1.04 bits per heavy atom. The maximum atomic E-state index is 5.63. The van der Waals surface area contributed by atoms with Crippen LogP contribution in [0.2, 0.25) is 0 Å². The van der Waals surface area contributed by atoms with Crippen molar-refractivity contribution in [3.63, 3.8) is 0 Å². The van der Waals surface area contributed by atoms with Crippen LogP contribution >= 0.6 is 0 Å². The molecule has 2 aromatic heterocycles. The van der Waals surface area contributed by atoms with E-state index in [4.69, 9.17) is 29.2 Å². The number of fused-ring (bicyclic) bond motifs is 1. The van der Waals surface area contributed by atoms with Crippen LogP contribution in [0.3, 0.4) is 0 Å². The first-order valence-corrected chi connectivity index (χ1v) is 11.3. The molecule has 2 atom stereocenters. The van der Waals surface area contributed by atoms with Gasteiger partial charge in [-0.1, -0.05) is 6.07 Å². The standard InChI is InChI=1S/C17H22N5O2.C2H5O.Al/c1-12-10-23-8-6-21(12)16-14-4-3-5-18-15(14)19-17(20-16)22-7-9-24-11-13(22)2;1-3-2;/h3-4,12-13H,6-11H2,1-2H3;1H2,2H3;/t12-,13-;;/m0../s1. The van der Waals surface area contributed by atoms with Crippen molar-refractivity contribution >= 4 is 42.6 Å². The molecule has 0 N–H and O–H groups in total. The van der Waals surface area contributed by atoms with Gasteiger partial charge in [0, 0.05) is 20.2 Å². The summed E-state index contributed by atoms with van der Waals surface area (Å²) in [5.41, 5.74) is 1.49. The molecule has 8 nitrogen and oxygen atoms in total. The van der Waals surface area contributed by atoms with Gasteiger partial charge in [-0.15, -0.1) is 0 Å². The Morgan fingerprint density at radius 3 is 2.43 bits per heavy atom. The maximum absolute atomic E-state index is 5.63. The topological polar surface area (TPSA) is 72.8 Å². The highest BCUT2D eigenvalue weighted by atomic mass is 27.1. The summed E-state index contributed by atoms with van der Waals surface area (Å²) in [6.45, 7) is 8.74. The van der Waals surface area contributed by atoms with Gasteiger partial charge in [-0.05, 0) is 29.9 Å². The van der Waals surface area contributed by atoms with Crippen LogP contribution in [0.5, 0.6) is 0 Å². The number of pyridine rings is 1. The molecule has 149 valence electrons. The van der Waals surface area contributed by atoms with Crippen LogP contribution in [0.4, 0.5) is 11.8 Å². The molecule has 1 radical (unpaired) electrons. The minimum Gasteiger partial charge on any atom is -0.400 e. The van der Waals surface area contributed by atoms with Crippen molar-refractivity contribution < 1.29 is 14.2 Å². The quantitative estimate of drug-likeness (QED) is 0.669. The van der Waals surface area contributed by atoms with E-state index < -0.39 is 0 Å². The summed E-state index contributed by atoms with van der Waals surface area (Å²) >= 11 is -0.0245. The van der Waals surface area contributed by atoms with E-state index in [0.717, 1.165) is 45.9 Å². The average Bonchev–Trinajstić information content (AvgIpc) is 2.72. The van der Waals surface area contributed by atoms with Crippen molar-refractivity contribution in [2.24, 2.45) is 0 Å². The summed E-state index contributed by atoms with van der Waals surface area (Å²) in [7, 11) is 1.73. The van der Waals surface area contributed by atoms with Crippen LogP contribution < -0.4 is 14.4 Å². The van der Waals surface area contributed by atoms with Gasteiger partial charge in [0.2, 0.25) is 5.95 Å². The number of morpholine rings is 2. The lowest BCUT2D eigenvalue weighted by Crippen LogP contribution is -2.46. The maximum Gasteiger partial charge on any atom is 0.324 e. The highest BCUT2D eigenvalue weighted by Crippen LogP contribution is 2.28. The lowest BCUT2D eigenvalue weighted by atomic mass is 10.2.